The number of nitrogens with two attached hydrogens (primary N) is 1. The van der Waals surface area contributed by atoms with Gasteiger partial charge in [-0.05, 0) is 37.3 Å². The van der Waals surface area contributed by atoms with E-state index in [0.29, 0.717) is 39.2 Å². The van der Waals surface area contributed by atoms with Crippen molar-refractivity contribution in [1.82, 2.24) is 39.4 Å². The topological polar surface area (TPSA) is 155 Å². The Hall–Kier alpha value is -6.09. The number of methoxy groups -OCH3 is 1. The number of fused-ring (bicyclic) bond motifs is 2. The van der Waals surface area contributed by atoms with Crippen LogP contribution in [0.1, 0.15) is 40.3 Å². The fraction of sp³-hybridized carbons (Fsp3) is 0.100. The highest BCUT2D eigenvalue weighted by molar-refractivity contribution is 6.04. The van der Waals surface area contributed by atoms with Gasteiger partial charge in [0.25, 0.3) is 11.5 Å². The molecule has 0 aliphatic carbocycles. The van der Waals surface area contributed by atoms with Crippen molar-refractivity contribution < 1.29 is 9.53 Å². The summed E-state index contributed by atoms with van der Waals surface area (Å²) in [5.74, 6) is 5.92. The lowest BCUT2D eigenvalue weighted by atomic mass is 10.1. The molecule has 0 aliphatic rings. The summed E-state index contributed by atoms with van der Waals surface area (Å²) in [5, 5.41) is 7.42. The normalized spacial score (nSPS) is 11.6. The van der Waals surface area contributed by atoms with Crippen molar-refractivity contribution in [1.29, 1.82) is 0 Å². The first-order valence-corrected chi connectivity index (χ1v) is 12.8. The molecule has 6 aromatic rings. The fourth-order valence-electron chi connectivity index (χ4n) is 4.55. The van der Waals surface area contributed by atoms with E-state index in [1.165, 1.54) is 16.2 Å². The van der Waals surface area contributed by atoms with Gasteiger partial charge in [0.15, 0.2) is 11.5 Å². The molecule has 0 saturated heterocycles. The van der Waals surface area contributed by atoms with Crippen molar-refractivity contribution >= 4 is 28.3 Å². The third kappa shape index (κ3) is 4.75. The van der Waals surface area contributed by atoms with Gasteiger partial charge in [0.05, 0.1) is 35.3 Å². The lowest BCUT2D eigenvalue weighted by Gasteiger charge is -2.20. The Morgan fingerprint density at radius 3 is 2.57 bits per heavy atom. The van der Waals surface area contributed by atoms with Gasteiger partial charge in [-0.1, -0.05) is 36.1 Å². The van der Waals surface area contributed by atoms with E-state index in [1.807, 2.05) is 18.2 Å². The second-order valence-electron chi connectivity index (χ2n) is 9.20. The van der Waals surface area contributed by atoms with E-state index >= 15 is 0 Å². The molecule has 0 bridgehead atoms. The number of carbonyl (C=O) groups is 1. The van der Waals surface area contributed by atoms with Crippen LogP contribution in [0.3, 0.4) is 0 Å². The van der Waals surface area contributed by atoms with E-state index in [0.717, 1.165) is 0 Å². The number of anilines is 1. The maximum atomic E-state index is 14.2. The maximum Gasteiger partial charge on any atom is 0.316 e. The van der Waals surface area contributed by atoms with Crippen LogP contribution in [0.5, 0.6) is 6.01 Å². The molecule has 206 valence electrons. The zero-order valence-electron chi connectivity index (χ0n) is 22.5. The van der Waals surface area contributed by atoms with Crippen LogP contribution < -0.4 is 21.3 Å². The number of carbonyl (C=O) groups excluding carboxylic acids is 1. The highest BCUT2D eigenvalue weighted by atomic mass is 16.5. The van der Waals surface area contributed by atoms with E-state index < -0.39 is 11.9 Å². The molecule has 3 N–H and O–H groups in total. The predicted octanol–water partition coefficient (Wildman–Crippen LogP) is 2.70. The molecule has 0 saturated carbocycles. The molecule has 12 nitrogen and oxygen atoms in total. The molecule has 0 unspecified atom stereocenters. The lowest BCUT2D eigenvalue weighted by Crippen LogP contribution is -2.33. The molecular formula is C30H23N9O3. The van der Waals surface area contributed by atoms with Gasteiger partial charge in [0.2, 0.25) is 0 Å². The number of ether oxygens (including phenoxy) is 1. The minimum Gasteiger partial charge on any atom is -0.467 e. The number of nitrogens with one attached hydrogen (secondary N) is 1. The first-order chi connectivity index (χ1) is 20.4. The van der Waals surface area contributed by atoms with Gasteiger partial charge >= 0.3 is 6.01 Å². The second-order valence-corrected chi connectivity index (χ2v) is 9.20. The number of aromatic nitrogens is 7. The van der Waals surface area contributed by atoms with Crippen molar-refractivity contribution in [2.75, 3.05) is 12.8 Å². The van der Waals surface area contributed by atoms with Crippen molar-refractivity contribution in [3.8, 4) is 23.5 Å². The summed E-state index contributed by atoms with van der Waals surface area (Å²) in [6, 6.07) is 15.5. The number of nitrogen functional groups attached to an aromatic ring is 1. The molecule has 0 spiro atoms. The third-order valence-electron chi connectivity index (χ3n) is 6.47. The van der Waals surface area contributed by atoms with Crippen molar-refractivity contribution in [2.24, 2.45) is 0 Å². The first kappa shape index (κ1) is 26.1. The number of benzene rings is 2. The number of amides is 1. The second kappa shape index (κ2) is 10.8. The van der Waals surface area contributed by atoms with Crippen LogP contribution >= 0.6 is 0 Å². The predicted molar refractivity (Wildman–Crippen MR) is 155 cm³/mol. The summed E-state index contributed by atoms with van der Waals surface area (Å²) < 4.78 is 7.91. The average Bonchev–Trinajstić information content (AvgIpc) is 3.36. The Kier molecular flexibility index (Phi) is 6.74. The fourth-order valence-corrected chi connectivity index (χ4v) is 4.55. The summed E-state index contributed by atoms with van der Waals surface area (Å²) in [5.41, 5.74) is 8.22. The number of para-hydroxylation sites is 1. The molecule has 0 fully saturated rings. The molecule has 1 atom stereocenters. The molecule has 0 radical (unpaired) electrons. The smallest absolute Gasteiger partial charge is 0.316 e. The minimum absolute atomic E-state index is 0.0378. The number of hydrogen-bond donors (Lipinski definition) is 2. The van der Waals surface area contributed by atoms with Crippen LogP contribution in [0.4, 0.5) is 5.82 Å². The molecule has 2 aromatic carbocycles. The van der Waals surface area contributed by atoms with Gasteiger partial charge < -0.3 is 15.8 Å². The molecule has 1 amide bonds. The van der Waals surface area contributed by atoms with Gasteiger partial charge in [-0.15, -0.1) is 5.10 Å². The van der Waals surface area contributed by atoms with Crippen molar-refractivity contribution in [2.45, 2.75) is 13.0 Å². The van der Waals surface area contributed by atoms with Crippen LogP contribution in [0.2, 0.25) is 0 Å². The largest absolute Gasteiger partial charge is 0.467 e. The Morgan fingerprint density at radius 2 is 1.81 bits per heavy atom. The Morgan fingerprint density at radius 1 is 1.02 bits per heavy atom. The van der Waals surface area contributed by atoms with Crippen LogP contribution in [0.15, 0.2) is 84.2 Å². The van der Waals surface area contributed by atoms with Gasteiger partial charge in [0, 0.05) is 30.4 Å². The molecule has 0 aliphatic heterocycles. The van der Waals surface area contributed by atoms with Gasteiger partial charge in [-0.3, -0.25) is 14.2 Å². The monoisotopic (exact) mass is 557 g/mol. The minimum atomic E-state index is -0.709. The highest BCUT2D eigenvalue weighted by Crippen LogP contribution is 2.22. The van der Waals surface area contributed by atoms with E-state index in [4.69, 9.17) is 15.5 Å². The lowest BCUT2D eigenvalue weighted by molar-refractivity contribution is 0.0940. The summed E-state index contributed by atoms with van der Waals surface area (Å²) in [6.45, 7) is 1.74. The number of rotatable bonds is 5. The highest BCUT2D eigenvalue weighted by Gasteiger charge is 2.24. The molecule has 42 heavy (non-hydrogen) atoms. The zero-order chi connectivity index (χ0) is 29.2. The van der Waals surface area contributed by atoms with Crippen LogP contribution in [0, 0.1) is 11.8 Å². The van der Waals surface area contributed by atoms with Crippen LogP contribution in [0.25, 0.3) is 22.2 Å². The van der Waals surface area contributed by atoms with E-state index in [9.17, 15) is 9.59 Å². The molecular weight excluding hydrogens is 534 g/mol. The zero-order valence-corrected chi connectivity index (χ0v) is 22.5. The Balaban J connectivity index is 1.46. The van der Waals surface area contributed by atoms with E-state index in [1.54, 1.807) is 68.1 Å². The summed E-state index contributed by atoms with van der Waals surface area (Å²) in [4.78, 5) is 44.8. The standard InChI is InChI=1S/C30H23N9O3/c1-18(35-28(40)24-25(31)37-38-15-7-14-32-27(24)38)26-36-22-11-6-8-20(13-12-19-16-33-30(42-2)34-17-19)23(22)29(41)39(26)21-9-4-3-5-10-21/h3-11,14-18H,1-2H3,(H2,31,37)(H,35,40)/t18-/m1/s1. The van der Waals surface area contributed by atoms with E-state index in [-0.39, 0.29) is 23.0 Å². The van der Waals surface area contributed by atoms with Crippen LogP contribution in [-0.4, -0.2) is 47.1 Å². The molecule has 4 aromatic heterocycles. The van der Waals surface area contributed by atoms with Crippen molar-refractivity contribution in [3.63, 3.8) is 0 Å². The third-order valence-corrected chi connectivity index (χ3v) is 6.47. The quantitative estimate of drug-likeness (QED) is 0.304. The van der Waals surface area contributed by atoms with Crippen molar-refractivity contribution in [3.05, 3.63) is 112 Å². The number of nitrogens with zero attached hydrogens (tertiary/aromatic N) is 7. The molecule has 4 heterocycles. The van der Waals surface area contributed by atoms with Gasteiger partial charge in [0.1, 0.15) is 11.4 Å². The molecule has 6 rings (SSSR count). The van der Waals surface area contributed by atoms with E-state index in [2.05, 4.69) is 37.2 Å². The maximum absolute atomic E-state index is 14.2. The Bertz CT molecular complexity index is 2080. The number of hydrogen-bond acceptors (Lipinski definition) is 9. The van der Waals surface area contributed by atoms with Gasteiger partial charge in [-0.25, -0.2) is 24.5 Å². The SMILES string of the molecule is COc1ncc(C#Cc2cccc3nc([C@@H](C)NC(=O)c4c(N)nn5cccnc45)n(-c4ccccc4)c(=O)c23)cn1. The van der Waals surface area contributed by atoms with Gasteiger partial charge in [-0.2, -0.15) is 0 Å². The summed E-state index contributed by atoms with van der Waals surface area (Å²) >= 11 is 0. The molecule has 12 heteroatoms. The van der Waals surface area contributed by atoms with Crippen LogP contribution in [-0.2, 0) is 0 Å². The summed E-state index contributed by atoms with van der Waals surface area (Å²) in [7, 11) is 1.48. The first-order valence-electron chi connectivity index (χ1n) is 12.8. The Labute approximate surface area is 238 Å². The average molecular weight is 558 g/mol. The summed E-state index contributed by atoms with van der Waals surface area (Å²) in [6.07, 6.45) is 6.29.